The third-order valence-corrected chi connectivity index (χ3v) is 4.12. The standard InChI is InChI=1S/C15H27N3/c1-4-10-16-11-9-15-12(2)17-18(13(15)3)14-7-5-6-8-14/h14,16H,4-11H2,1-3H3. The van der Waals surface area contributed by atoms with E-state index in [0.717, 1.165) is 19.5 Å². The van der Waals surface area contributed by atoms with Crippen molar-refractivity contribution in [1.29, 1.82) is 0 Å². The number of nitrogens with zero attached hydrogens (tertiary/aromatic N) is 2. The van der Waals surface area contributed by atoms with Crippen molar-refractivity contribution in [2.45, 2.75) is 65.3 Å². The summed E-state index contributed by atoms with van der Waals surface area (Å²) in [4.78, 5) is 0. The summed E-state index contributed by atoms with van der Waals surface area (Å²) in [5, 5.41) is 8.26. The molecule has 3 nitrogen and oxygen atoms in total. The molecular weight excluding hydrogens is 222 g/mol. The highest BCUT2D eigenvalue weighted by atomic mass is 15.3. The average Bonchev–Trinajstić information content (AvgIpc) is 2.96. The summed E-state index contributed by atoms with van der Waals surface area (Å²) in [5.41, 5.74) is 4.10. The van der Waals surface area contributed by atoms with Gasteiger partial charge in [0, 0.05) is 5.69 Å². The second-order valence-corrected chi connectivity index (χ2v) is 5.53. The van der Waals surface area contributed by atoms with Crippen LogP contribution in [0.2, 0.25) is 0 Å². The van der Waals surface area contributed by atoms with E-state index >= 15 is 0 Å². The molecule has 0 atom stereocenters. The van der Waals surface area contributed by atoms with Crippen molar-refractivity contribution in [3.05, 3.63) is 17.0 Å². The molecule has 1 aromatic rings. The topological polar surface area (TPSA) is 29.9 Å². The molecule has 102 valence electrons. The van der Waals surface area contributed by atoms with E-state index in [2.05, 4.69) is 30.8 Å². The van der Waals surface area contributed by atoms with Gasteiger partial charge in [-0.1, -0.05) is 19.8 Å². The molecule has 0 bridgehead atoms. The van der Waals surface area contributed by atoms with Crippen molar-refractivity contribution >= 4 is 0 Å². The molecule has 0 aliphatic heterocycles. The molecule has 0 radical (unpaired) electrons. The fraction of sp³-hybridized carbons (Fsp3) is 0.800. The molecule has 2 rings (SSSR count). The molecule has 0 aromatic carbocycles. The summed E-state index contributed by atoms with van der Waals surface area (Å²) in [6, 6.07) is 0.668. The second-order valence-electron chi connectivity index (χ2n) is 5.53. The van der Waals surface area contributed by atoms with E-state index in [1.165, 1.54) is 49.1 Å². The van der Waals surface area contributed by atoms with Crippen LogP contribution in [0.1, 0.15) is 62.0 Å². The van der Waals surface area contributed by atoms with Crippen molar-refractivity contribution < 1.29 is 0 Å². The molecular formula is C15H27N3. The minimum Gasteiger partial charge on any atom is -0.316 e. The maximum absolute atomic E-state index is 4.78. The summed E-state index contributed by atoms with van der Waals surface area (Å²) in [5.74, 6) is 0. The number of hydrogen-bond donors (Lipinski definition) is 1. The first kappa shape index (κ1) is 13.6. The Labute approximate surface area is 111 Å². The average molecular weight is 249 g/mol. The van der Waals surface area contributed by atoms with E-state index in [1.54, 1.807) is 0 Å². The third-order valence-electron chi connectivity index (χ3n) is 4.12. The highest BCUT2D eigenvalue weighted by molar-refractivity contribution is 5.25. The molecule has 1 heterocycles. The van der Waals surface area contributed by atoms with Gasteiger partial charge >= 0.3 is 0 Å². The predicted octanol–water partition coefficient (Wildman–Crippen LogP) is 3.16. The molecule has 1 saturated carbocycles. The largest absolute Gasteiger partial charge is 0.316 e. The molecule has 0 spiro atoms. The highest BCUT2D eigenvalue weighted by Gasteiger charge is 2.21. The van der Waals surface area contributed by atoms with E-state index in [-0.39, 0.29) is 0 Å². The van der Waals surface area contributed by atoms with Gasteiger partial charge in [0.25, 0.3) is 0 Å². The Morgan fingerprint density at radius 2 is 1.94 bits per heavy atom. The molecule has 18 heavy (non-hydrogen) atoms. The number of nitrogens with one attached hydrogen (secondary N) is 1. The van der Waals surface area contributed by atoms with Crippen LogP contribution in [-0.2, 0) is 6.42 Å². The normalized spacial score (nSPS) is 16.6. The lowest BCUT2D eigenvalue weighted by molar-refractivity contribution is 0.454. The van der Waals surface area contributed by atoms with Gasteiger partial charge in [-0.05, 0) is 58.2 Å². The lowest BCUT2D eigenvalue weighted by Gasteiger charge is -2.12. The van der Waals surface area contributed by atoms with Crippen LogP contribution in [0.3, 0.4) is 0 Å². The van der Waals surface area contributed by atoms with Gasteiger partial charge in [-0.2, -0.15) is 5.10 Å². The van der Waals surface area contributed by atoms with E-state index in [1.807, 2.05) is 0 Å². The van der Waals surface area contributed by atoms with Crippen molar-refractivity contribution in [3.63, 3.8) is 0 Å². The van der Waals surface area contributed by atoms with Crippen LogP contribution in [0.5, 0.6) is 0 Å². The molecule has 1 N–H and O–H groups in total. The molecule has 3 heteroatoms. The summed E-state index contributed by atoms with van der Waals surface area (Å²) in [7, 11) is 0. The van der Waals surface area contributed by atoms with Crippen LogP contribution in [0.4, 0.5) is 0 Å². The maximum Gasteiger partial charge on any atom is 0.0629 e. The minimum atomic E-state index is 0.668. The van der Waals surface area contributed by atoms with Crippen molar-refractivity contribution in [3.8, 4) is 0 Å². The first-order valence-corrected chi connectivity index (χ1v) is 7.49. The third kappa shape index (κ3) is 2.94. The second kappa shape index (κ2) is 6.37. The Morgan fingerprint density at radius 3 is 2.61 bits per heavy atom. The zero-order valence-electron chi connectivity index (χ0n) is 12.1. The van der Waals surface area contributed by atoms with Crippen molar-refractivity contribution in [2.75, 3.05) is 13.1 Å². The summed E-state index contributed by atoms with van der Waals surface area (Å²) in [6.45, 7) is 8.81. The number of rotatable bonds is 6. The monoisotopic (exact) mass is 249 g/mol. The van der Waals surface area contributed by atoms with Gasteiger partial charge in [-0.25, -0.2) is 0 Å². The van der Waals surface area contributed by atoms with Crippen LogP contribution in [-0.4, -0.2) is 22.9 Å². The zero-order valence-corrected chi connectivity index (χ0v) is 12.1. The SMILES string of the molecule is CCCNCCc1c(C)nn(C2CCCC2)c1C. The van der Waals surface area contributed by atoms with Crippen LogP contribution in [0.25, 0.3) is 0 Å². The fourth-order valence-corrected chi connectivity index (χ4v) is 3.08. The highest BCUT2D eigenvalue weighted by Crippen LogP contribution is 2.31. The van der Waals surface area contributed by atoms with Gasteiger partial charge in [0.2, 0.25) is 0 Å². The first-order valence-electron chi connectivity index (χ1n) is 7.49. The fourth-order valence-electron chi connectivity index (χ4n) is 3.08. The molecule has 0 unspecified atom stereocenters. The predicted molar refractivity (Wildman–Crippen MR) is 76.1 cm³/mol. The van der Waals surface area contributed by atoms with Gasteiger partial charge in [0.1, 0.15) is 0 Å². The van der Waals surface area contributed by atoms with Gasteiger partial charge < -0.3 is 5.32 Å². The number of aryl methyl sites for hydroxylation is 1. The molecule has 1 aromatic heterocycles. The first-order chi connectivity index (χ1) is 8.74. The molecule has 1 aliphatic carbocycles. The number of aromatic nitrogens is 2. The van der Waals surface area contributed by atoms with Crippen molar-refractivity contribution in [1.82, 2.24) is 15.1 Å². The van der Waals surface area contributed by atoms with E-state index < -0.39 is 0 Å². The molecule has 1 aliphatic rings. The van der Waals surface area contributed by atoms with Crippen LogP contribution >= 0.6 is 0 Å². The van der Waals surface area contributed by atoms with Crippen LogP contribution < -0.4 is 5.32 Å². The Balaban J connectivity index is 2.01. The van der Waals surface area contributed by atoms with Gasteiger partial charge in [0.15, 0.2) is 0 Å². The summed E-state index contributed by atoms with van der Waals surface area (Å²) >= 11 is 0. The Bertz CT molecular complexity index is 375. The van der Waals surface area contributed by atoms with Crippen LogP contribution in [0, 0.1) is 13.8 Å². The lowest BCUT2D eigenvalue weighted by Crippen LogP contribution is -2.18. The van der Waals surface area contributed by atoms with Gasteiger partial charge in [-0.15, -0.1) is 0 Å². The molecule has 0 amide bonds. The zero-order chi connectivity index (χ0) is 13.0. The maximum atomic E-state index is 4.78. The van der Waals surface area contributed by atoms with Crippen molar-refractivity contribution in [2.24, 2.45) is 0 Å². The Morgan fingerprint density at radius 1 is 1.22 bits per heavy atom. The molecule has 1 fully saturated rings. The minimum absolute atomic E-state index is 0.668. The van der Waals surface area contributed by atoms with E-state index in [4.69, 9.17) is 5.10 Å². The Hall–Kier alpha value is -0.830. The smallest absolute Gasteiger partial charge is 0.0629 e. The van der Waals surface area contributed by atoms with Gasteiger partial charge in [-0.3, -0.25) is 4.68 Å². The quantitative estimate of drug-likeness (QED) is 0.785. The summed E-state index contributed by atoms with van der Waals surface area (Å²) < 4.78 is 2.30. The van der Waals surface area contributed by atoms with Gasteiger partial charge in [0.05, 0.1) is 11.7 Å². The van der Waals surface area contributed by atoms with E-state index in [9.17, 15) is 0 Å². The lowest BCUT2D eigenvalue weighted by atomic mass is 10.1. The number of hydrogen-bond acceptors (Lipinski definition) is 2. The van der Waals surface area contributed by atoms with E-state index in [0.29, 0.717) is 6.04 Å². The van der Waals surface area contributed by atoms with Crippen LogP contribution in [0.15, 0.2) is 0 Å². The summed E-state index contributed by atoms with van der Waals surface area (Å²) in [6.07, 6.45) is 7.70. The Kier molecular flexibility index (Phi) is 4.81. The molecule has 0 saturated heterocycles.